The number of benzene rings is 1. The molecule has 2 nitrogen and oxygen atoms in total. The zero-order valence-corrected chi connectivity index (χ0v) is 8.88. The highest BCUT2D eigenvalue weighted by molar-refractivity contribution is 7.13. The smallest absolute Gasteiger partial charge is 0.163 e. The summed E-state index contributed by atoms with van der Waals surface area (Å²) >= 11 is 1.63. The summed E-state index contributed by atoms with van der Waals surface area (Å²) in [6.45, 7) is 0. The molecule has 0 radical (unpaired) electrons. The molecule has 0 N–H and O–H groups in total. The van der Waals surface area contributed by atoms with E-state index in [1.165, 1.54) is 5.56 Å². The van der Waals surface area contributed by atoms with E-state index in [-0.39, 0.29) is 5.78 Å². The molecule has 0 amide bonds. The van der Waals surface area contributed by atoms with Crippen LogP contribution in [0.5, 0.6) is 0 Å². The second-order valence-electron chi connectivity index (χ2n) is 3.63. The lowest BCUT2D eigenvalue weighted by Gasteiger charge is -2.00. The third-order valence-corrected chi connectivity index (χ3v) is 3.53. The van der Waals surface area contributed by atoms with Crippen LogP contribution in [0.15, 0.2) is 29.8 Å². The first kappa shape index (κ1) is 8.80. The van der Waals surface area contributed by atoms with Gasteiger partial charge >= 0.3 is 0 Å². The molecule has 3 rings (SSSR count). The predicted octanol–water partition coefficient (Wildman–Crippen LogP) is 2.94. The van der Waals surface area contributed by atoms with Gasteiger partial charge in [0.05, 0.1) is 0 Å². The van der Waals surface area contributed by atoms with Gasteiger partial charge in [-0.15, -0.1) is 11.3 Å². The minimum Gasteiger partial charge on any atom is -0.294 e. The molecule has 0 unspecified atom stereocenters. The maximum Gasteiger partial charge on any atom is 0.163 e. The lowest BCUT2D eigenvalue weighted by atomic mass is 10.1. The van der Waals surface area contributed by atoms with E-state index >= 15 is 0 Å². The summed E-state index contributed by atoms with van der Waals surface area (Å²) in [5.41, 5.74) is 3.20. The van der Waals surface area contributed by atoms with Crippen molar-refractivity contribution in [1.29, 1.82) is 0 Å². The summed E-state index contributed by atoms with van der Waals surface area (Å²) in [4.78, 5) is 15.7. The van der Waals surface area contributed by atoms with E-state index in [9.17, 15) is 4.79 Å². The number of thiazole rings is 1. The largest absolute Gasteiger partial charge is 0.294 e. The number of aromatic nitrogens is 1. The Bertz CT molecular complexity index is 516. The van der Waals surface area contributed by atoms with Crippen LogP contribution in [0.2, 0.25) is 0 Å². The molecule has 0 saturated carbocycles. The number of nitrogens with zero attached hydrogens (tertiary/aromatic N) is 1. The summed E-state index contributed by atoms with van der Waals surface area (Å²) < 4.78 is 0. The van der Waals surface area contributed by atoms with Gasteiger partial charge in [-0.1, -0.05) is 12.1 Å². The number of ketones is 1. The fourth-order valence-corrected chi connectivity index (χ4v) is 2.59. The fraction of sp³-hybridized carbons (Fsp3) is 0.167. The fourth-order valence-electron chi connectivity index (χ4n) is 1.95. The van der Waals surface area contributed by atoms with E-state index in [0.717, 1.165) is 22.6 Å². The van der Waals surface area contributed by atoms with Gasteiger partial charge < -0.3 is 0 Å². The Hall–Kier alpha value is -1.48. The lowest BCUT2D eigenvalue weighted by molar-refractivity contribution is 0.0994. The van der Waals surface area contributed by atoms with Crippen molar-refractivity contribution in [3.63, 3.8) is 0 Å². The van der Waals surface area contributed by atoms with Crippen LogP contribution in [-0.4, -0.2) is 10.8 Å². The van der Waals surface area contributed by atoms with Gasteiger partial charge in [0.2, 0.25) is 0 Å². The summed E-state index contributed by atoms with van der Waals surface area (Å²) in [7, 11) is 0. The summed E-state index contributed by atoms with van der Waals surface area (Å²) in [5.74, 6) is 0.274. The molecule has 1 heterocycles. The van der Waals surface area contributed by atoms with Crippen LogP contribution in [0.4, 0.5) is 0 Å². The maximum atomic E-state index is 11.5. The standard InChI is InChI=1S/C12H9NOS/c14-11-4-2-8-7-9(1-3-10(8)11)12-13-5-6-15-12/h1,3,5-7H,2,4H2. The maximum absolute atomic E-state index is 11.5. The molecular formula is C12H9NOS. The molecule has 1 aromatic heterocycles. The van der Waals surface area contributed by atoms with Crippen molar-refractivity contribution in [1.82, 2.24) is 4.98 Å². The highest BCUT2D eigenvalue weighted by Gasteiger charge is 2.19. The van der Waals surface area contributed by atoms with E-state index in [4.69, 9.17) is 0 Å². The number of hydrogen-bond donors (Lipinski definition) is 0. The van der Waals surface area contributed by atoms with Gasteiger partial charge in [0.1, 0.15) is 5.01 Å². The number of fused-ring (bicyclic) bond motifs is 1. The molecule has 0 spiro atoms. The van der Waals surface area contributed by atoms with Crippen molar-refractivity contribution >= 4 is 17.1 Å². The van der Waals surface area contributed by atoms with E-state index in [1.807, 2.05) is 17.5 Å². The van der Waals surface area contributed by atoms with Gasteiger partial charge in [0.25, 0.3) is 0 Å². The summed E-state index contributed by atoms with van der Waals surface area (Å²) in [5, 5.41) is 2.99. The van der Waals surface area contributed by atoms with Crippen molar-refractivity contribution in [2.24, 2.45) is 0 Å². The van der Waals surface area contributed by atoms with Crippen LogP contribution in [0.1, 0.15) is 22.3 Å². The summed E-state index contributed by atoms with van der Waals surface area (Å²) in [6.07, 6.45) is 3.35. The van der Waals surface area contributed by atoms with E-state index in [1.54, 1.807) is 17.5 Å². The highest BCUT2D eigenvalue weighted by Crippen LogP contribution is 2.28. The zero-order valence-electron chi connectivity index (χ0n) is 8.06. The van der Waals surface area contributed by atoms with Crippen molar-refractivity contribution < 1.29 is 4.79 Å². The Morgan fingerprint density at radius 3 is 3.00 bits per heavy atom. The van der Waals surface area contributed by atoms with Crippen molar-refractivity contribution in [2.45, 2.75) is 12.8 Å². The molecule has 1 aliphatic carbocycles. The Labute approximate surface area is 91.6 Å². The van der Waals surface area contributed by atoms with Gasteiger partial charge in [-0.05, 0) is 18.1 Å². The number of hydrogen-bond acceptors (Lipinski definition) is 3. The van der Waals surface area contributed by atoms with Gasteiger partial charge in [-0.2, -0.15) is 0 Å². The third kappa shape index (κ3) is 1.39. The quantitative estimate of drug-likeness (QED) is 0.732. The van der Waals surface area contributed by atoms with Crippen LogP contribution >= 0.6 is 11.3 Å². The van der Waals surface area contributed by atoms with Gasteiger partial charge in [-0.3, -0.25) is 4.79 Å². The normalized spacial score (nSPS) is 14.3. The minimum absolute atomic E-state index is 0.274. The molecule has 1 aromatic carbocycles. The van der Waals surface area contributed by atoms with E-state index in [2.05, 4.69) is 11.1 Å². The average Bonchev–Trinajstić information content (AvgIpc) is 2.88. The number of rotatable bonds is 1. The Morgan fingerprint density at radius 1 is 1.27 bits per heavy atom. The van der Waals surface area contributed by atoms with Crippen molar-refractivity contribution in [3.05, 3.63) is 40.9 Å². The van der Waals surface area contributed by atoms with Crippen LogP contribution in [-0.2, 0) is 6.42 Å². The molecule has 1 aliphatic rings. The first-order valence-corrected chi connectivity index (χ1v) is 5.78. The first-order valence-electron chi connectivity index (χ1n) is 4.90. The predicted molar refractivity (Wildman–Crippen MR) is 60.2 cm³/mol. The number of carbonyl (C=O) groups excluding carboxylic acids is 1. The van der Waals surface area contributed by atoms with Crippen molar-refractivity contribution in [3.8, 4) is 10.6 Å². The second-order valence-corrected chi connectivity index (χ2v) is 4.53. The van der Waals surface area contributed by atoms with Gasteiger partial charge in [0.15, 0.2) is 5.78 Å². The molecule has 74 valence electrons. The molecule has 0 bridgehead atoms. The van der Waals surface area contributed by atoms with Crippen LogP contribution < -0.4 is 0 Å². The molecule has 2 aromatic rings. The van der Waals surface area contributed by atoms with E-state index < -0.39 is 0 Å². The number of aryl methyl sites for hydroxylation is 1. The van der Waals surface area contributed by atoms with Gasteiger partial charge in [-0.25, -0.2) is 4.98 Å². The SMILES string of the molecule is O=C1CCc2cc(-c3nccs3)ccc21. The second kappa shape index (κ2) is 3.28. The Balaban J connectivity index is 2.11. The molecular weight excluding hydrogens is 206 g/mol. The molecule has 0 atom stereocenters. The number of Topliss-reactive ketones (excluding diaryl/α,β-unsaturated/α-hetero) is 1. The molecule has 0 fully saturated rings. The number of carbonyl (C=O) groups is 1. The molecule has 0 saturated heterocycles. The minimum atomic E-state index is 0.274. The zero-order chi connectivity index (χ0) is 10.3. The average molecular weight is 215 g/mol. The monoisotopic (exact) mass is 215 g/mol. The Morgan fingerprint density at radius 2 is 2.20 bits per heavy atom. The first-order chi connectivity index (χ1) is 7.34. The van der Waals surface area contributed by atoms with E-state index in [0.29, 0.717) is 6.42 Å². The topological polar surface area (TPSA) is 30.0 Å². The molecule has 15 heavy (non-hydrogen) atoms. The molecule has 0 aliphatic heterocycles. The van der Waals surface area contributed by atoms with Crippen LogP contribution in [0.25, 0.3) is 10.6 Å². The Kier molecular flexibility index (Phi) is 1.92. The van der Waals surface area contributed by atoms with Gasteiger partial charge in [0, 0.05) is 29.1 Å². The third-order valence-electron chi connectivity index (χ3n) is 2.71. The highest BCUT2D eigenvalue weighted by atomic mass is 32.1. The van der Waals surface area contributed by atoms with Crippen LogP contribution in [0, 0.1) is 0 Å². The molecule has 3 heteroatoms. The summed E-state index contributed by atoms with van der Waals surface area (Å²) in [6, 6.07) is 6.02. The lowest BCUT2D eigenvalue weighted by Crippen LogP contribution is -1.90. The van der Waals surface area contributed by atoms with Crippen molar-refractivity contribution in [2.75, 3.05) is 0 Å². The van der Waals surface area contributed by atoms with Crippen LogP contribution in [0.3, 0.4) is 0 Å².